The second-order valence-corrected chi connectivity index (χ2v) is 8.45. The zero-order valence-electron chi connectivity index (χ0n) is 17.4. The SMILES string of the molecule is O=C(N[C@H]1CC[C@H](NC(=O)c2cccnc2)CC1)O[C@@H]1CCN(c2cn[nH]c(=O)c2Cl)C1. The number of halogens is 1. The third kappa shape index (κ3) is 5.37. The van der Waals surface area contributed by atoms with Gasteiger partial charge < -0.3 is 20.3 Å². The van der Waals surface area contributed by atoms with Crippen molar-refractivity contribution in [3.8, 4) is 0 Å². The summed E-state index contributed by atoms with van der Waals surface area (Å²) >= 11 is 6.06. The standard InChI is InChI=1S/C21H25ClN6O4/c22-18-17(11-24-27-20(18)30)28-9-7-16(12-28)32-21(31)26-15-5-3-14(4-6-15)25-19(29)13-2-1-8-23-10-13/h1-2,8,10-11,14-16H,3-7,9,12H2,(H,25,29)(H,26,31)(H,27,30)/t14-,15-,16-/m1/s1. The molecule has 1 aliphatic carbocycles. The molecule has 32 heavy (non-hydrogen) atoms. The Bertz CT molecular complexity index is 1010. The zero-order chi connectivity index (χ0) is 22.5. The van der Waals surface area contributed by atoms with Gasteiger partial charge in [0.15, 0.2) is 0 Å². The summed E-state index contributed by atoms with van der Waals surface area (Å²) in [6.07, 6.45) is 7.66. The molecule has 3 heterocycles. The molecule has 0 unspecified atom stereocenters. The Balaban J connectivity index is 1.19. The highest BCUT2D eigenvalue weighted by atomic mass is 35.5. The van der Waals surface area contributed by atoms with Crippen molar-refractivity contribution in [2.75, 3.05) is 18.0 Å². The average molecular weight is 461 g/mol. The molecule has 2 aliphatic rings. The zero-order valence-corrected chi connectivity index (χ0v) is 18.2. The van der Waals surface area contributed by atoms with Crippen molar-refractivity contribution in [2.24, 2.45) is 0 Å². The Morgan fingerprint density at radius 3 is 2.59 bits per heavy atom. The summed E-state index contributed by atoms with van der Waals surface area (Å²) in [6.45, 7) is 1.07. The maximum Gasteiger partial charge on any atom is 0.407 e. The van der Waals surface area contributed by atoms with Crippen LogP contribution < -0.4 is 21.1 Å². The molecule has 2 aromatic heterocycles. The summed E-state index contributed by atoms with van der Waals surface area (Å²) in [4.78, 5) is 42.1. The van der Waals surface area contributed by atoms with Crippen LogP contribution in [0.1, 0.15) is 42.5 Å². The van der Waals surface area contributed by atoms with Crippen LogP contribution >= 0.6 is 11.6 Å². The molecule has 0 aromatic carbocycles. The monoisotopic (exact) mass is 460 g/mol. The molecule has 2 fully saturated rings. The molecule has 1 saturated heterocycles. The molecule has 2 amide bonds. The molecule has 1 atom stereocenters. The molecule has 11 heteroatoms. The molecule has 1 saturated carbocycles. The maximum absolute atomic E-state index is 12.4. The average Bonchev–Trinajstić information content (AvgIpc) is 3.25. The molecule has 0 radical (unpaired) electrons. The highest BCUT2D eigenvalue weighted by molar-refractivity contribution is 6.33. The lowest BCUT2D eigenvalue weighted by Crippen LogP contribution is -2.44. The van der Waals surface area contributed by atoms with E-state index in [9.17, 15) is 14.4 Å². The molecular formula is C21H25ClN6O4. The number of carbonyl (C=O) groups is 2. The quantitative estimate of drug-likeness (QED) is 0.621. The Kier molecular flexibility index (Phi) is 6.89. The summed E-state index contributed by atoms with van der Waals surface area (Å²) in [6, 6.07) is 3.55. The summed E-state index contributed by atoms with van der Waals surface area (Å²) in [7, 11) is 0. The van der Waals surface area contributed by atoms with E-state index in [4.69, 9.17) is 16.3 Å². The van der Waals surface area contributed by atoms with Crippen molar-refractivity contribution in [3.05, 3.63) is 51.7 Å². The third-order valence-corrected chi connectivity index (χ3v) is 6.21. The van der Waals surface area contributed by atoms with Crippen LogP contribution in [-0.2, 0) is 4.74 Å². The van der Waals surface area contributed by atoms with Gasteiger partial charge in [-0.15, -0.1) is 0 Å². The first-order valence-electron chi connectivity index (χ1n) is 10.7. The van der Waals surface area contributed by atoms with Gasteiger partial charge in [0.05, 0.1) is 24.0 Å². The molecule has 2 aromatic rings. The summed E-state index contributed by atoms with van der Waals surface area (Å²) < 4.78 is 5.57. The molecule has 4 rings (SSSR count). The van der Waals surface area contributed by atoms with Gasteiger partial charge >= 0.3 is 6.09 Å². The minimum absolute atomic E-state index is 0.0119. The maximum atomic E-state index is 12.4. The lowest BCUT2D eigenvalue weighted by molar-refractivity contribution is 0.0908. The lowest BCUT2D eigenvalue weighted by atomic mass is 9.91. The van der Waals surface area contributed by atoms with Crippen molar-refractivity contribution in [1.29, 1.82) is 0 Å². The molecule has 0 spiro atoms. The first-order chi connectivity index (χ1) is 15.5. The number of ether oxygens (including phenoxy) is 1. The van der Waals surface area contributed by atoms with E-state index >= 15 is 0 Å². The van der Waals surface area contributed by atoms with Crippen LogP contribution in [0.15, 0.2) is 35.5 Å². The van der Waals surface area contributed by atoms with Gasteiger partial charge in [0.1, 0.15) is 11.1 Å². The van der Waals surface area contributed by atoms with Crippen LogP contribution in [0.2, 0.25) is 5.02 Å². The Morgan fingerprint density at radius 1 is 1.12 bits per heavy atom. The van der Waals surface area contributed by atoms with E-state index in [1.54, 1.807) is 24.5 Å². The van der Waals surface area contributed by atoms with Crippen molar-refractivity contribution in [3.63, 3.8) is 0 Å². The van der Waals surface area contributed by atoms with Crippen LogP contribution in [0.5, 0.6) is 0 Å². The van der Waals surface area contributed by atoms with Crippen LogP contribution in [0.4, 0.5) is 10.5 Å². The van der Waals surface area contributed by atoms with Gasteiger partial charge in [0, 0.05) is 37.4 Å². The van der Waals surface area contributed by atoms with E-state index in [1.165, 1.54) is 6.20 Å². The summed E-state index contributed by atoms with van der Waals surface area (Å²) in [5.74, 6) is -0.129. The van der Waals surface area contributed by atoms with Crippen LogP contribution in [0.25, 0.3) is 0 Å². The highest BCUT2D eigenvalue weighted by Crippen LogP contribution is 2.26. The predicted octanol–water partition coefficient (Wildman–Crippen LogP) is 1.86. The van der Waals surface area contributed by atoms with Crippen LogP contribution in [-0.4, -0.2) is 58.5 Å². The number of H-pyrrole nitrogens is 1. The first-order valence-corrected chi connectivity index (χ1v) is 11.0. The predicted molar refractivity (Wildman–Crippen MR) is 118 cm³/mol. The number of carbonyl (C=O) groups excluding carboxylic acids is 2. The second kappa shape index (κ2) is 9.99. The van der Waals surface area contributed by atoms with Crippen LogP contribution in [0.3, 0.4) is 0 Å². The van der Waals surface area contributed by atoms with E-state index in [1.807, 2.05) is 4.90 Å². The smallest absolute Gasteiger partial charge is 0.407 e. The van der Waals surface area contributed by atoms with E-state index in [0.717, 1.165) is 25.7 Å². The van der Waals surface area contributed by atoms with Crippen LogP contribution in [0, 0.1) is 0 Å². The molecule has 0 bridgehead atoms. The Labute approximate surface area is 189 Å². The largest absolute Gasteiger partial charge is 0.444 e. The van der Waals surface area contributed by atoms with Gasteiger partial charge in [-0.1, -0.05) is 11.6 Å². The van der Waals surface area contributed by atoms with Crippen molar-refractivity contribution < 1.29 is 14.3 Å². The molecule has 1 aliphatic heterocycles. The summed E-state index contributed by atoms with van der Waals surface area (Å²) in [5.41, 5.74) is 0.631. The Hall–Kier alpha value is -3.14. The topological polar surface area (TPSA) is 129 Å². The number of pyridine rings is 1. The number of amides is 2. The fourth-order valence-corrected chi connectivity index (χ4v) is 4.35. The molecule has 170 valence electrons. The Morgan fingerprint density at radius 2 is 1.88 bits per heavy atom. The number of aromatic amines is 1. The van der Waals surface area contributed by atoms with Gasteiger partial charge in [-0.25, -0.2) is 9.89 Å². The van der Waals surface area contributed by atoms with Gasteiger partial charge in [0.2, 0.25) is 0 Å². The van der Waals surface area contributed by atoms with E-state index in [2.05, 4.69) is 25.8 Å². The number of alkyl carbamates (subject to hydrolysis) is 1. The van der Waals surface area contributed by atoms with Gasteiger partial charge in [-0.05, 0) is 37.8 Å². The van der Waals surface area contributed by atoms with E-state index in [0.29, 0.717) is 30.8 Å². The van der Waals surface area contributed by atoms with Gasteiger partial charge in [0.25, 0.3) is 11.5 Å². The minimum atomic E-state index is -0.449. The lowest BCUT2D eigenvalue weighted by Gasteiger charge is -2.29. The number of hydrogen-bond donors (Lipinski definition) is 3. The number of nitrogens with zero attached hydrogens (tertiary/aromatic N) is 3. The van der Waals surface area contributed by atoms with Crippen molar-refractivity contribution in [2.45, 2.75) is 50.3 Å². The number of aromatic nitrogens is 3. The molecular weight excluding hydrogens is 436 g/mol. The highest BCUT2D eigenvalue weighted by Gasteiger charge is 2.29. The number of rotatable bonds is 5. The van der Waals surface area contributed by atoms with Crippen molar-refractivity contribution in [1.82, 2.24) is 25.8 Å². The fraction of sp³-hybridized carbons (Fsp3) is 0.476. The van der Waals surface area contributed by atoms with Crippen molar-refractivity contribution >= 4 is 29.3 Å². The normalized spacial score (nSPS) is 22.9. The number of hydrogen-bond acceptors (Lipinski definition) is 7. The fourth-order valence-electron chi connectivity index (χ4n) is 4.14. The number of nitrogens with one attached hydrogen (secondary N) is 3. The molecule has 10 nitrogen and oxygen atoms in total. The van der Waals surface area contributed by atoms with Gasteiger partial charge in [-0.2, -0.15) is 5.10 Å². The first kappa shape index (κ1) is 22.1. The molecule has 3 N–H and O–H groups in total. The second-order valence-electron chi connectivity index (χ2n) is 8.07. The summed E-state index contributed by atoms with van der Waals surface area (Å²) in [5, 5.41) is 12.1. The van der Waals surface area contributed by atoms with Gasteiger partial charge in [-0.3, -0.25) is 14.6 Å². The minimum Gasteiger partial charge on any atom is -0.444 e. The third-order valence-electron chi connectivity index (χ3n) is 5.84. The van der Waals surface area contributed by atoms with E-state index < -0.39 is 11.7 Å². The van der Waals surface area contributed by atoms with E-state index in [-0.39, 0.29) is 29.1 Å². The number of anilines is 1.